The molecule has 2 rings (SSSR count). The lowest BCUT2D eigenvalue weighted by atomic mass is 10.0. The van der Waals surface area contributed by atoms with Gasteiger partial charge in [-0.3, -0.25) is 4.79 Å². The molecule has 1 heterocycles. The average Bonchev–Trinajstić information content (AvgIpc) is 2.62. The lowest BCUT2D eigenvalue weighted by Gasteiger charge is -2.00. The molecule has 0 aliphatic rings. The number of hydrogen-bond acceptors (Lipinski definition) is 2. The van der Waals surface area contributed by atoms with Crippen molar-refractivity contribution in [2.75, 3.05) is 0 Å². The van der Waals surface area contributed by atoms with E-state index in [4.69, 9.17) is 4.42 Å². The van der Waals surface area contributed by atoms with Gasteiger partial charge in [-0.05, 0) is 24.6 Å². The molecule has 0 amide bonds. The van der Waals surface area contributed by atoms with E-state index in [0.717, 1.165) is 16.5 Å². The number of carbonyl (C=O) groups excluding carboxylic acids is 1. The highest BCUT2D eigenvalue weighted by atomic mass is 16.3. The Balaban J connectivity index is 2.54. The lowest BCUT2D eigenvalue weighted by Crippen LogP contribution is -1.93. The third-order valence-corrected chi connectivity index (χ3v) is 2.23. The summed E-state index contributed by atoms with van der Waals surface area (Å²) >= 11 is 0. The van der Waals surface area contributed by atoms with Crippen LogP contribution in [0.25, 0.3) is 16.5 Å². The van der Waals surface area contributed by atoms with Gasteiger partial charge in [0.05, 0.1) is 6.26 Å². The van der Waals surface area contributed by atoms with E-state index < -0.39 is 0 Å². The Hall–Kier alpha value is -1.83. The van der Waals surface area contributed by atoms with E-state index in [2.05, 4.69) is 6.58 Å². The van der Waals surface area contributed by atoms with E-state index >= 15 is 0 Å². The molecule has 0 saturated heterocycles. The van der Waals surface area contributed by atoms with Crippen molar-refractivity contribution in [1.29, 1.82) is 0 Å². The number of rotatable bonds is 2. The van der Waals surface area contributed by atoms with Gasteiger partial charge in [-0.15, -0.1) is 0 Å². The SMILES string of the molecule is C=C(C(C)=O)c1ccc2ccoc2c1. The largest absolute Gasteiger partial charge is 0.464 e. The van der Waals surface area contributed by atoms with Crippen LogP contribution in [0.3, 0.4) is 0 Å². The maximum absolute atomic E-state index is 11.1. The van der Waals surface area contributed by atoms with Gasteiger partial charge in [0.15, 0.2) is 5.78 Å². The number of furan rings is 1. The van der Waals surface area contributed by atoms with E-state index in [1.54, 1.807) is 6.26 Å². The molecule has 0 aliphatic heterocycles. The predicted molar refractivity (Wildman–Crippen MR) is 55.9 cm³/mol. The van der Waals surface area contributed by atoms with Crippen molar-refractivity contribution < 1.29 is 9.21 Å². The van der Waals surface area contributed by atoms with Gasteiger partial charge in [-0.25, -0.2) is 0 Å². The summed E-state index contributed by atoms with van der Waals surface area (Å²) in [6, 6.07) is 7.51. The molecule has 2 aromatic rings. The van der Waals surface area contributed by atoms with Crippen molar-refractivity contribution in [3.05, 3.63) is 42.7 Å². The monoisotopic (exact) mass is 186 g/mol. The number of fused-ring (bicyclic) bond motifs is 1. The highest BCUT2D eigenvalue weighted by molar-refractivity contribution is 6.19. The lowest BCUT2D eigenvalue weighted by molar-refractivity contribution is -0.111. The molecule has 14 heavy (non-hydrogen) atoms. The van der Waals surface area contributed by atoms with Crippen LogP contribution in [0.4, 0.5) is 0 Å². The fourth-order valence-electron chi connectivity index (χ4n) is 1.35. The third-order valence-electron chi connectivity index (χ3n) is 2.23. The van der Waals surface area contributed by atoms with Gasteiger partial charge >= 0.3 is 0 Å². The molecule has 0 spiro atoms. The molecule has 0 saturated carbocycles. The fourth-order valence-corrected chi connectivity index (χ4v) is 1.35. The number of benzene rings is 1. The Morgan fingerprint density at radius 3 is 2.86 bits per heavy atom. The van der Waals surface area contributed by atoms with Crippen molar-refractivity contribution in [3.63, 3.8) is 0 Å². The number of allylic oxidation sites excluding steroid dienone is 1. The van der Waals surface area contributed by atoms with Crippen LogP contribution in [-0.2, 0) is 4.79 Å². The van der Waals surface area contributed by atoms with Crippen molar-refractivity contribution in [1.82, 2.24) is 0 Å². The molecule has 1 aromatic carbocycles. The van der Waals surface area contributed by atoms with Crippen LogP contribution < -0.4 is 0 Å². The predicted octanol–water partition coefficient (Wildman–Crippen LogP) is 3.04. The van der Waals surface area contributed by atoms with Crippen LogP contribution >= 0.6 is 0 Å². The number of carbonyl (C=O) groups is 1. The first-order valence-corrected chi connectivity index (χ1v) is 4.36. The van der Waals surface area contributed by atoms with Crippen LogP contribution in [-0.4, -0.2) is 5.78 Å². The average molecular weight is 186 g/mol. The van der Waals surface area contributed by atoms with Gasteiger partial charge in [0.25, 0.3) is 0 Å². The van der Waals surface area contributed by atoms with E-state index in [0.29, 0.717) is 5.57 Å². The second-order valence-corrected chi connectivity index (χ2v) is 3.21. The zero-order valence-electron chi connectivity index (χ0n) is 7.91. The van der Waals surface area contributed by atoms with Crippen molar-refractivity contribution in [3.8, 4) is 0 Å². The minimum Gasteiger partial charge on any atom is -0.464 e. The standard InChI is InChI=1S/C12H10O2/c1-8(9(2)13)11-4-3-10-5-6-14-12(10)7-11/h3-7H,1H2,2H3. The summed E-state index contributed by atoms with van der Waals surface area (Å²) in [7, 11) is 0. The summed E-state index contributed by atoms with van der Waals surface area (Å²) in [5.74, 6) is -0.0177. The fraction of sp³-hybridized carbons (Fsp3) is 0.0833. The van der Waals surface area contributed by atoms with E-state index in [1.807, 2.05) is 24.3 Å². The molecule has 0 atom stereocenters. The maximum Gasteiger partial charge on any atom is 0.159 e. The molecule has 0 N–H and O–H groups in total. The van der Waals surface area contributed by atoms with Crippen LogP contribution in [0, 0.1) is 0 Å². The van der Waals surface area contributed by atoms with E-state index in [-0.39, 0.29) is 5.78 Å². The zero-order chi connectivity index (χ0) is 10.1. The molecule has 0 bridgehead atoms. The Kier molecular flexibility index (Phi) is 1.97. The first-order chi connectivity index (χ1) is 6.68. The molecule has 70 valence electrons. The summed E-state index contributed by atoms with van der Waals surface area (Å²) in [4.78, 5) is 11.1. The highest BCUT2D eigenvalue weighted by Gasteiger charge is 2.05. The van der Waals surface area contributed by atoms with Gasteiger partial charge < -0.3 is 4.42 Å². The summed E-state index contributed by atoms with van der Waals surface area (Å²) in [5, 5.41) is 1.03. The van der Waals surface area contributed by atoms with Crippen molar-refractivity contribution >= 4 is 22.3 Å². The van der Waals surface area contributed by atoms with Crippen LogP contribution in [0.2, 0.25) is 0 Å². The Bertz CT molecular complexity index is 506. The molecular weight excluding hydrogens is 176 g/mol. The molecule has 1 aromatic heterocycles. The topological polar surface area (TPSA) is 30.2 Å². The normalized spacial score (nSPS) is 10.4. The molecule has 2 nitrogen and oxygen atoms in total. The number of hydrogen-bond donors (Lipinski definition) is 0. The smallest absolute Gasteiger partial charge is 0.159 e. The first-order valence-electron chi connectivity index (χ1n) is 4.36. The third kappa shape index (κ3) is 1.35. The van der Waals surface area contributed by atoms with Crippen molar-refractivity contribution in [2.24, 2.45) is 0 Å². The van der Waals surface area contributed by atoms with Crippen LogP contribution in [0.1, 0.15) is 12.5 Å². The summed E-state index contributed by atoms with van der Waals surface area (Å²) in [6.07, 6.45) is 1.63. The zero-order valence-corrected chi connectivity index (χ0v) is 7.91. The van der Waals surface area contributed by atoms with Gasteiger partial charge in [-0.1, -0.05) is 18.7 Å². The van der Waals surface area contributed by atoms with E-state index in [9.17, 15) is 4.79 Å². The maximum atomic E-state index is 11.1. The second kappa shape index (κ2) is 3.14. The quantitative estimate of drug-likeness (QED) is 0.675. The van der Waals surface area contributed by atoms with Gasteiger partial charge in [-0.2, -0.15) is 0 Å². The molecule has 0 aliphatic carbocycles. The highest BCUT2D eigenvalue weighted by Crippen LogP contribution is 2.21. The second-order valence-electron chi connectivity index (χ2n) is 3.21. The van der Waals surface area contributed by atoms with Crippen LogP contribution in [0.5, 0.6) is 0 Å². The van der Waals surface area contributed by atoms with Crippen LogP contribution in [0.15, 0.2) is 41.5 Å². The van der Waals surface area contributed by atoms with Gasteiger partial charge in [0.1, 0.15) is 5.58 Å². The summed E-state index contributed by atoms with van der Waals surface area (Å²) in [6.45, 7) is 5.23. The first kappa shape index (κ1) is 8.75. The Labute approximate surface area is 81.8 Å². The minimum absolute atomic E-state index is 0.0177. The number of ketones is 1. The van der Waals surface area contributed by atoms with E-state index in [1.165, 1.54) is 6.92 Å². The Morgan fingerprint density at radius 1 is 1.36 bits per heavy atom. The summed E-state index contributed by atoms with van der Waals surface area (Å²) < 4.78 is 5.24. The molecular formula is C12H10O2. The molecule has 0 fully saturated rings. The Morgan fingerprint density at radius 2 is 2.14 bits per heavy atom. The van der Waals surface area contributed by atoms with Gasteiger partial charge in [0, 0.05) is 11.0 Å². The van der Waals surface area contributed by atoms with Gasteiger partial charge in [0.2, 0.25) is 0 Å². The summed E-state index contributed by atoms with van der Waals surface area (Å²) in [5.41, 5.74) is 2.12. The molecule has 0 radical (unpaired) electrons. The number of Topliss-reactive ketones (excluding diaryl/α,β-unsaturated/α-hetero) is 1. The molecule has 2 heteroatoms. The molecule has 0 unspecified atom stereocenters. The van der Waals surface area contributed by atoms with Crippen molar-refractivity contribution in [2.45, 2.75) is 6.92 Å². The minimum atomic E-state index is -0.0177.